The van der Waals surface area contributed by atoms with Gasteiger partial charge in [-0.05, 0) is 25.7 Å². The number of nitrogens with zero attached hydrogens (tertiary/aromatic N) is 1. The van der Waals surface area contributed by atoms with Crippen LogP contribution in [0, 0.1) is 5.82 Å². The van der Waals surface area contributed by atoms with Crippen molar-refractivity contribution in [1.29, 1.82) is 0 Å². The Labute approximate surface area is 117 Å². The first-order valence-electron chi connectivity index (χ1n) is 5.01. The molecule has 0 aromatic heterocycles. The van der Waals surface area contributed by atoms with Crippen LogP contribution in [0.15, 0.2) is 12.1 Å². The van der Waals surface area contributed by atoms with Crippen LogP contribution >= 0.6 is 35.6 Å². The van der Waals surface area contributed by atoms with E-state index < -0.39 is 5.82 Å². The molecule has 1 N–H and O–H groups in total. The molecule has 0 amide bonds. The second-order valence-electron chi connectivity index (χ2n) is 3.68. The quantitative estimate of drug-likeness (QED) is 0.840. The van der Waals surface area contributed by atoms with Gasteiger partial charge in [0.1, 0.15) is 5.82 Å². The summed E-state index contributed by atoms with van der Waals surface area (Å²) in [4.78, 5) is 2.09. The van der Waals surface area contributed by atoms with E-state index in [1.807, 2.05) is 14.1 Å². The lowest BCUT2D eigenvalue weighted by Crippen LogP contribution is -2.27. The van der Waals surface area contributed by atoms with Crippen LogP contribution in [0.25, 0.3) is 0 Å². The molecule has 0 unspecified atom stereocenters. The maximum Gasteiger partial charge on any atom is 0.143 e. The molecular formula is C11H16Cl3FN2. The summed E-state index contributed by atoms with van der Waals surface area (Å²) >= 11 is 11.7. The monoisotopic (exact) mass is 300 g/mol. The molecule has 0 saturated carbocycles. The molecule has 0 atom stereocenters. The van der Waals surface area contributed by atoms with Gasteiger partial charge in [0, 0.05) is 19.6 Å². The van der Waals surface area contributed by atoms with Crippen molar-refractivity contribution in [2.24, 2.45) is 0 Å². The molecule has 0 radical (unpaired) electrons. The third kappa shape index (κ3) is 4.98. The lowest BCUT2D eigenvalue weighted by atomic mass is 10.2. The normalized spacial score (nSPS) is 10.5. The Morgan fingerprint density at radius 3 is 2.53 bits per heavy atom. The Hall–Kier alpha value is -0.0600. The highest BCUT2D eigenvalue weighted by atomic mass is 35.5. The molecule has 0 aliphatic carbocycles. The minimum absolute atomic E-state index is 0. The summed E-state index contributed by atoms with van der Waals surface area (Å²) in [6.07, 6.45) is 0. The average Bonchev–Trinajstić information content (AvgIpc) is 2.27. The lowest BCUT2D eigenvalue weighted by molar-refractivity contribution is 0.328. The molecule has 1 aromatic carbocycles. The standard InChI is InChI=1S/C11H15Cl2FN2.ClH/c1-15-5-6-16(2)7-8-3-4-9(14)11(13)10(8)12;/h3-4,15H,5-7H2,1-2H3;1H. The largest absolute Gasteiger partial charge is 0.318 e. The van der Waals surface area contributed by atoms with Crippen molar-refractivity contribution in [2.75, 3.05) is 27.2 Å². The summed E-state index contributed by atoms with van der Waals surface area (Å²) in [7, 11) is 3.88. The number of rotatable bonds is 5. The van der Waals surface area contributed by atoms with Gasteiger partial charge in [0.15, 0.2) is 0 Å². The van der Waals surface area contributed by atoms with Gasteiger partial charge in [-0.2, -0.15) is 0 Å². The van der Waals surface area contributed by atoms with E-state index in [9.17, 15) is 4.39 Å². The number of hydrogen-bond donors (Lipinski definition) is 1. The number of hydrogen-bond acceptors (Lipinski definition) is 2. The van der Waals surface area contributed by atoms with Gasteiger partial charge in [-0.15, -0.1) is 12.4 Å². The van der Waals surface area contributed by atoms with Gasteiger partial charge in [0.25, 0.3) is 0 Å². The fourth-order valence-corrected chi connectivity index (χ4v) is 1.76. The van der Waals surface area contributed by atoms with E-state index in [0.29, 0.717) is 11.6 Å². The van der Waals surface area contributed by atoms with E-state index >= 15 is 0 Å². The molecule has 1 rings (SSSR count). The molecule has 1 aromatic rings. The van der Waals surface area contributed by atoms with Gasteiger partial charge in [-0.3, -0.25) is 0 Å². The molecule has 0 aliphatic rings. The zero-order valence-corrected chi connectivity index (χ0v) is 12.1. The fraction of sp³-hybridized carbons (Fsp3) is 0.455. The summed E-state index contributed by atoms with van der Waals surface area (Å²) in [5.41, 5.74) is 0.840. The summed E-state index contributed by atoms with van der Waals surface area (Å²) in [6, 6.07) is 3.01. The Bertz CT molecular complexity index is 361. The zero-order chi connectivity index (χ0) is 12.1. The van der Waals surface area contributed by atoms with Gasteiger partial charge in [-0.25, -0.2) is 4.39 Å². The van der Waals surface area contributed by atoms with E-state index in [1.54, 1.807) is 6.07 Å². The second-order valence-corrected chi connectivity index (χ2v) is 4.43. The number of halogens is 4. The number of likely N-dealkylation sites (N-methyl/N-ethyl adjacent to an activating group) is 2. The van der Waals surface area contributed by atoms with Crippen LogP contribution in [0.1, 0.15) is 5.56 Å². The first-order chi connectivity index (χ1) is 7.56. The summed E-state index contributed by atoms with van der Waals surface area (Å²) < 4.78 is 13.1. The second kappa shape index (κ2) is 8.11. The van der Waals surface area contributed by atoms with E-state index in [1.165, 1.54) is 6.07 Å². The highest BCUT2D eigenvalue weighted by Crippen LogP contribution is 2.29. The molecule has 2 nitrogen and oxygen atoms in total. The summed E-state index contributed by atoms with van der Waals surface area (Å²) in [5, 5.41) is 3.36. The van der Waals surface area contributed by atoms with Crippen molar-refractivity contribution in [2.45, 2.75) is 6.54 Å². The van der Waals surface area contributed by atoms with Gasteiger partial charge in [-0.1, -0.05) is 29.3 Å². The topological polar surface area (TPSA) is 15.3 Å². The summed E-state index contributed by atoms with van der Waals surface area (Å²) in [6.45, 7) is 2.44. The molecule has 0 bridgehead atoms. The lowest BCUT2D eigenvalue weighted by Gasteiger charge is -2.17. The molecule has 6 heteroatoms. The fourth-order valence-electron chi connectivity index (χ4n) is 1.36. The van der Waals surface area contributed by atoms with E-state index in [4.69, 9.17) is 23.2 Å². The third-order valence-electron chi connectivity index (χ3n) is 2.30. The highest BCUT2D eigenvalue weighted by Gasteiger charge is 2.11. The van der Waals surface area contributed by atoms with Crippen LogP contribution in [-0.4, -0.2) is 32.1 Å². The van der Waals surface area contributed by atoms with Crippen molar-refractivity contribution in [3.63, 3.8) is 0 Å². The minimum Gasteiger partial charge on any atom is -0.318 e. The van der Waals surface area contributed by atoms with Crippen LogP contribution in [0.2, 0.25) is 10.0 Å². The average molecular weight is 302 g/mol. The van der Waals surface area contributed by atoms with Crippen molar-refractivity contribution < 1.29 is 4.39 Å². The minimum atomic E-state index is -0.478. The van der Waals surface area contributed by atoms with Gasteiger partial charge >= 0.3 is 0 Å². The molecule has 98 valence electrons. The van der Waals surface area contributed by atoms with E-state index in [-0.39, 0.29) is 17.4 Å². The maximum atomic E-state index is 13.1. The molecular weight excluding hydrogens is 285 g/mol. The van der Waals surface area contributed by atoms with Crippen molar-refractivity contribution in [3.8, 4) is 0 Å². The van der Waals surface area contributed by atoms with Gasteiger partial charge < -0.3 is 10.2 Å². The summed E-state index contributed by atoms with van der Waals surface area (Å²) in [5.74, 6) is -0.478. The third-order valence-corrected chi connectivity index (χ3v) is 3.20. The van der Waals surface area contributed by atoms with Crippen molar-refractivity contribution in [3.05, 3.63) is 33.6 Å². The van der Waals surface area contributed by atoms with Crippen LogP contribution in [0.4, 0.5) is 4.39 Å². The van der Waals surface area contributed by atoms with Gasteiger partial charge in [0.05, 0.1) is 10.0 Å². The zero-order valence-electron chi connectivity index (χ0n) is 9.77. The Balaban J connectivity index is 0.00000256. The maximum absolute atomic E-state index is 13.1. The Kier molecular flexibility index (Phi) is 8.09. The first kappa shape index (κ1) is 16.9. The smallest absolute Gasteiger partial charge is 0.143 e. The molecule has 0 saturated heterocycles. The Morgan fingerprint density at radius 1 is 1.29 bits per heavy atom. The first-order valence-corrected chi connectivity index (χ1v) is 5.77. The molecule has 0 aliphatic heterocycles. The number of nitrogens with one attached hydrogen (secondary N) is 1. The van der Waals surface area contributed by atoms with Crippen LogP contribution in [0.5, 0.6) is 0 Å². The molecule has 17 heavy (non-hydrogen) atoms. The molecule has 0 spiro atoms. The van der Waals surface area contributed by atoms with E-state index in [0.717, 1.165) is 18.7 Å². The van der Waals surface area contributed by atoms with Crippen molar-refractivity contribution >= 4 is 35.6 Å². The predicted molar refractivity (Wildman–Crippen MR) is 73.9 cm³/mol. The molecule has 0 fully saturated rings. The van der Waals surface area contributed by atoms with Crippen LogP contribution in [0.3, 0.4) is 0 Å². The predicted octanol–water partition coefficient (Wildman–Crippen LogP) is 3.21. The van der Waals surface area contributed by atoms with E-state index in [2.05, 4.69) is 10.2 Å². The van der Waals surface area contributed by atoms with Crippen LogP contribution < -0.4 is 5.32 Å². The SMILES string of the molecule is CNCCN(C)Cc1ccc(F)c(Cl)c1Cl.Cl. The number of benzene rings is 1. The molecule has 0 heterocycles. The van der Waals surface area contributed by atoms with Crippen LogP contribution in [-0.2, 0) is 6.54 Å². The van der Waals surface area contributed by atoms with Gasteiger partial charge in [0.2, 0.25) is 0 Å². The Morgan fingerprint density at radius 2 is 1.94 bits per heavy atom. The van der Waals surface area contributed by atoms with Crippen molar-refractivity contribution in [1.82, 2.24) is 10.2 Å². The highest BCUT2D eigenvalue weighted by molar-refractivity contribution is 6.42.